The lowest BCUT2D eigenvalue weighted by atomic mass is 10.0. The van der Waals surface area contributed by atoms with Gasteiger partial charge >= 0.3 is 11.9 Å². The Labute approximate surface area is 219 Å². The molecule has 1 aliphatic rings. The van der Waals surface area contributed by atoms with E-state index in [0.29, 0.717) is 12.8 Å². The van der Waals surface area contributed by atoms with Gasteiger partial charge in [0.05, 0.1) is 12.5 Å². The van der Waals surface area contributed by atoms with Gasteiger partial charge in [0.2, 0.25) is 17.7 Å². The molecule has 1 aromatic heterocycles. The summed E-state index contributed by atoms with van der Waals surface area (Å²) < 4.78 is 0. The van der Waals surface area contributed by atoms with Crippen LogP contribution < -0.4 is 16.4 Å². The van der Waals surface area contributed by atoms with Crippen molar-refractivity contribution in [2.75, 3.05) is 6.54 Å². The number of aromatic amines is 1. The second-order valence-electron chi connectivity index (χ2n) is 10.0. The first kappa shape index (κ1) is 28.6. The van der Waals surface area contributed by atoms with Crippen LogP contribution in [-0.4, -0.2) is 80.5 Å². The number of carboxylic acid groups (broad SMARTS) is 2. The Morgan fingerprint density at radius 2 is 1.82 bits per heavy atom. The summed E-state index contributed by atoms with van der Waals surface area (Å²) in [4.78, 5) is 66.6. The first-order valence-electron chi connectivity index (χ1n) is 12.6. The van der Waals surface area contributed by atoms with E-state index >= 15 is 0 Å². The highest BCUT2D eigenvalue weighted by molar-refractivity contribution is 5.95. The number of nitrogens with one attached hydrogen (secondary N) is 3. The van der Waals surface area contributed by atoms with Crippen molar-refractivity contribution in [1.82, 2.24) is 20.5 Å². The van der Waals surface area contributed by atoms with Gasteiger partial charge in [0.25, 0.3) is 0 Å². The SMILES string of the molecule is CC(C)CC(NC(=O)C(Cc1c[nH]c2ccccc12)NC(=O)C1CCCN1C(=O)C(N)CC(=O)O)C(=O)O. The Morgan fingerprint density at radius 3 is 2.47 bits per heavy atom. The number of hydrogen-bond donors (Lipinski definition) is 6. The highest BCUT2D eigenvalue weighted by Gasteiger charge is 2.38. The first-order chi connectivity index (χ1) is 18.0. The second-order valence-corrected chi connectivity index (χ2v) is 10.0. The van der Waals surface area contributed by atoms with Crippen LogP contribution in [0.1, 0.15) is 45.1 Å². The van der Waals surface area contributed by atoms with Crippen LogP contribution in [-0.2, 0) is 30.4 Å². The molecule has 3 amide bonds. The Bertz CT molecular complexity index is 1190. The molecular weight excluding hydrogens is 494 g/mol. The summed E-state index contributed by atoms with van der Waals surface area (Å²) in [5, 5.41) is 24.7. The predicted molar refractivity (Wildman–Crippen MR) is 138 cm³/mol. The number of H-pyrrole nitrogens is 1. The van der Waals surface area contributed by atoms with Crippen LogP contribution in [0.3, 0.4) is 0 Å². The molecule has 3 rings (SSSR count). The maximum Gasteiger partial charge on any atom is 0.326 e. The number of likely N-dealkylation sites (tertiary alicyclic amines) is 1. The molecule has 1 aromatic carbocycles. The molecule has 12 nitrogen and oxygen atoms in total. The molecule has 0 aliphatic carbocycles. The third-order valence-corrected chi connectivity index (χ3v) is 6.60. The normalized spacial score (nSPS) is 17.7. The fourth-order valence-electron chi connectivity index (χ4n) is 4.75. The molecule has 2 heterocycles. The van der Waals surface area contributed by atoms with Crippen molar-refractivity contribution in [2.24, 2.45) is 11.7 Å². The molecular formula is C26H35N5O7. The van der Waals surface area contributed by atoms with Crippen LogP contribution in [0.5, 0.6) is 0 Å². The Morgan fingerprint density at radius 1 is 1.11 bits per heavy atom. The largest absolute Gasteiger partial charge is 0.481 e. The van der Waals surface area contributed by atoms with E-state index in [1.807, 2.05) is 38.1 Å². The Kier molecular flexibility index (Phi) is 9.45. The number of carbonyl (C=O) groups is 5. The van der Waals surface area contributed by atoms with Gasteiger partial charge in [0.1, 0.15) is 18.1 Å². The molecule has 38 heavy (non-hydrogen) atoms. The molecule has 1 saturated heterocycles. The number of para-hydroxylation sites is 1. The molecule has 206 valence electrons. The maximum absolute atomic E-state index is 13.3. The summed E-state index contributed by atoms with van der Waals surface area (Å²) in [6, 6.07) is 2.97. The minimum atomic E-state index is -1.29. The summed E-state index contributed by atoms with van der Waals surface area (Å²) in [6.45, 7) is 3.92. The van der Waals surface area contributed by atoms with Gasteiger partial charge in [-0.15, -0.1) is 0 Å². The first-order valence-corrected chi connectivity index (χ1v) is 12.6. The molecule has 1 fully saturated rings. The van der Waals surface area contributed by atoms with E-state index in [4.69, 9.17) is 10.8 Å². The zero-order valence-electron chi connectivity index (χ0n) is 21.5. The van der Waals surface area contributed by atoms with Gasteiger partial charge in [-0.05, 0) is 36.8 Å². The number of carbonyl (C=O) groups excluding carboxylic acids is 3. The van der Waals surface area contributed by atoms with Gasteiger partial charge in [-0.25, -0.2) is 4.79 Å². The monoisotopic (exact) mass is 529 g/mol. The summed E-state index contributed by atoms with van der Waals surface area (Å²) >= 11 is 0. The lowest BCUT2D eigenvalue weighted by molar-refractivity contribution is -0.144. The minimum absolute atomic E-state index is 0.00567. The van der Waals surface area contributed by atoms with Crippen molar-refractivity contribution >= 4 is 40.6 Å². The van der Waals surface area contributed by atoms with Gasteiger partial charge in [-0.3, -0.25) is 19.2 Å². The molecule has 0 radical (unpaired) electrons. The molecule has 2 aromatic rings. The van der Waals surface area contributed by atoms with Crippen LogP contribution >= 0.6 is 0 Å². The van der Waals surface area contributed by atoms with Crippen molar-refractivity contribution in [2.45, 2.75) is 70.1 Å². The van der Waals surface area contributed by atoms with Gasteiger partial charge in [-0.1, -0.05) is 32.0 Å². The van der Waals surface area contributed by atoms with Gasteiger partial charge in [0.15, 0.2) is 0 Å². The Hall–Kier alpha value is -3.93. The number of carboxylic acids is 2. The van der Waals surface area contributed by atoms with E-state index in [9.17, 15) is 29.1 Å². The lowest BCUT2D eigenvalue weighted by Gasteiger charge is -2.28. The fourth-order valence-corrected chi connectivity index (χ4v) is 4.75. The van der Waals surface area contributed by atoms with Crippen LogP contribution in [0.2, 0.25) is 0 Å². The van der Waals surface area contributed by atoms with Crippen molar-refractivity contribution < 1.29 is 34.2 Å². The second kappa shape index (κ2) is 12.5. The van der Waals surface area contributed by atoms with E-state index in [1.165, 1.54) is 4.90 Å². The van der Waals surface area contributed by atoms with E-state index < -0.39 is 60.2 Å². The van der Waals surface area contributed by atoms with E-state index in [0.717, 1.165) is 16.5 Å². The smallest absolute Gasteiger partial charge is 0.326 e. The molecule has 4 unspecified atom stereocenters. The van der Waals surface area contributed by atoms with Crippen molar-refractivity contribution in [3.05, 3.63) is 36.0 Å². The average molecular weight is 530 g/mol. The maximum atomic E-state index is 13.3. The number of nitrogens with zero attached hydrogens (tertiary/aromatic N) is 1. The van der Waals surface area contributed by atoms with Crippen LogP contribution in [0.4, 0.5) is 0 Å². The fraction of sp³-hybridized carbons (Fsp3) is 0.500. The van der Waals surface area contributed by atoms with Gasteiger partial charge in [0, 0.05) is 30.1 Å². The zero-order valence-corrected chi connectivity index (χ0v) is 21.5. The van der Waals surface area contributed by atoms with Crippen LogP contribution in [0.15, 0.2) is 30.5 Å². The summed E-state index contributed by atoms with van der Waals surface area (Å²) in [5.74, 6) is -4.29. The van der Waals surface area contributed by atoms with E-state index in [2.05, 4.69) is 15.6 Å². The minimum Gasteiger partial charge on any atom is -0.481 e. The van der Waals surface area contributed by atoms with E-state index in [1.54, 1.807) is 6.20 Å². The number of amides is 3. The third-order valence-electron chi connectivity index (χ3n) is 6.60. The molecule has 0 saturated carbocycles. The highest BCUT2D eigenvalue weighted by Crippen LogP contribution is 2.22. The topological polar surface area (TPSA) is 195 Å². The number of benzene rings is 1. The van der Waals surface area contributed by atoms with E-state index in [-0.39, 0.29) is 25.3 Å². The van der Waals surface area contributed by atoms with Crippen LogP contribution in [0.25, 0.3) is 10.9 Å². The molecule has 0 bridgehead atoms. The standard InChI is InChI=1S/C26H35N5O7/c1-14(2)10-20(26(37)38)30-23(34)19(11-15-13-28-18-7-4-3-6-16(15)18)29-24(35)21-8-5-9-31(21)25(36)17(27)12-22(32)33/h3-4,6-7,13-14,17,19-21,28H,5,8-12,27H2,1-2H3,(H,29,35)(H,30,34)(H,32,33)(H,37,38). The molecule has 12 heteroatoms. The quantitative estimate of drug-likeness (QED) is 0.230. The molecule has 4 atom stereocenters. The van der Waals surface area contributed by atoms with Gasteiger partial charge in [-0.2, -0.15) is 0 Å². The molecule has 0 spiro atoms. The van der Waals surface area contributed by atoms with Crippen LogP contribution in [0, 0.1) is 5.92 Å². The molecule has 7 N–H and O–H groups in total. The molecule has 1 aliphatic heterocycles. The average Bonchev–Trinajstić information content (AvgIpc) is 3.49. The highest BCUT2D eigenvalue weighted by atomic mass is 16.4. The van der Waals surface area contributed by atoms with Gasteiger partial charge < -0.3 is 36.5 Å². The van der Waals surface area contributed by atoms with Crippen molar-refractivity contribution in [3.63, 3.8) is 0 Å². The number of hydrogen-bond acceptors (Lipinski definition) is 6. The van der Waals surface area contributed by atoms with Crippen molar-refractivity contribution in [1.29, 1.82) is 0 Å². The number of rotatable bonds is 12. The number of aromatic nitrogens is 1. The lowest BCUT2D eigenvalue weighted by Crippen LogP contribution is -2.57. The Balaban J connectivity index is 1.83. The number of fused-ring (bicyclic) bond motifs is 1. The summed E-state index contributed by atoms with van der Waals surface area (Å²) in [7, 11) is 0. The zero-order chi connectivity index (χ0) is 28.0. The van der Waals surface area contributed by atoms with Crippen molar-refractivity contribution in [3.8, 4) is 0 Å². The predicted octanol–water partition coefficient (Wildman–Crippen LogP) is 0.604. The number of nitrogens with two attached hydrogens (primary N) is 1. The third kappa shape index (κ3) is 7.09. The summed E-state index contributed by atoms with van der Waals surface area (Å²) in [6.07, 6.45) is 2.29. The number of aliphatic carboxylic acids is 2. The summed E-state index contributed by atoms with van der Waals surface area (Å²) in [5.41, 5.74) is 7.34.